The number of nitrogen functional groups attached to an aromatic ring is 1. The van der Waals surface area contributed by atoms with Crippen molar-refractivity contribution in [2.45, 2.75) is 19.8 Å². The van der Waals surface area contributed by atoms with E-state index in [4.69, 9.17) is 5.73 Å². The van der Waals surface area contributed by atoms with Crippen molar-refractivity contribution in [1.82, 2.24) is 0 Å². The van der Waals surface area contributed by atoms with Crippen LogP contribution in [0.3, 0.4) is 0 Å². The molecule has 0 aliphatic rings. The lowest BCUT2D eigenvalue weighted by atomic mass is 10.0. The first-order chi connectivity index (χ1) is 5.65. The monoisotopic (exact) mass is 161 g/mol. The molecule has 0 saturated carbocycles. The molecule has 0 aliphatic heterocycles. The number of benzene rings is 1. The molecule has 0 bridgehead atoms. The van der Waals surface area contributed by atoms with Crippen LogP contribution in [-0.2, 0) is 0 Å². The normalized spacial score (nSPS) is 10.2. The fraction of sp³-hybridized carbons (Fsp3) is 0.273. The summed E-state index contributed by atoms with van der Waals surface area (Å²) in [5.74, 6) is 0.533. The molecule has 0 saturated heterocycles. The van der Waals surface area contributed by atoms with E-state index >= 15 is 0 Å². The zero-order valence-electron chi connectivity index (χ0n) is 7.67. The third-order valence-electron chi connectivity index (χ3n) is 2.00. The molecule has 2 N–H and O–H groups in total. The van der Waals surface area contributed by atoms with E-state index in [1.165, 1.54) is 5.56 Å². The Hall–Kier alpha value is -1.24. The predicted octanol–water partition coefficient (Wildman–Crippen LogP) is 3.04. The largest absolute Gasteiger partial charge is 0.398 e. The first-order valence-corrected chi connectivity index (χ1v) is 4.17. The lowest BCUT2D eigenvalue weighted by Crippen LogP contribution is -1.93. The molecule has 0 radical (unpaired) electrons. The van der Waals surface area contributed by atoms with Crippen molar-refractivity contribution in [2.75, 3.05) is 5.73 Å². The van der Waals surface area contributed by atoms with Crippen molar-refractivity contribution in [2.24, 2.45) is 0 Å². The second kappa shape index (κ2) is 3.44. The maximum Gasteiger partial charge on any atom is 0.0390 e. The van der Waals surface area contributed by atoms with Gasteiger partial charge >= 0.3 is 0 Å². The summed E-state index contributed by atoms with van der Waals surface area (Å²) in [5.41, 5.74) is 8.90. The van der Waals surface area contributed by atoms with Crippen LogP contribution < -0.4 is 5.73 Å². The molecule has 1 nitrogen and oxygen atoms in total. The molecular formula is C11H15N. The summed E-state index contributed by atoms with van der Waals surface area (Å²) in [7, 11) is 0. The van der Waals surface area contributed by atoms with Crippen LogP contribution in [0.4, 0.5) is 5.69 Å². The van der Waals surface area contributed by atoms with E-state index in [-0.39, 0.29) is 0 Å². The Kier molecular flexibility index (Phi) is 2.54. The summed E-state index contributed by atoms with van der Waals surface area (Å²) in [4.78, 5) is 0. The van der Waals surface area contributed by atoms with Gasteiger partial charge in [-0.05, 0) is 23.1 Å². The molecule has 0 amide bonds. The Morgan fingerprint density at radius 2 is 2.08 bits per heavy atom. The quantitative estimate of drug-likeness (QED) is 0.663. The Labute approximate surface area is 73.9 Å². The van der Waals surface area contributed by atoms with Crippen molar-refractivity contribution in [1.29, 1.82) is 0 Å². The highest BCUT2D eigenvalue weighted by molar-refractivity contribution is 5.64. The van der Waals surface area contributed by atoms with E-state index < -0.39 is 0 Å². The number of nitrogens with two attached hydrogens (primary N) is 1. The van der Waals surface area contributed by atoms with Crippen LogP contribution in [0, 0.1) is 0 Å². The first-order valence-electron chi connectivity index (χ1n) is 4.17. The van der Waals surface area contributed by atoms with Gasteiger partial charge in [0, 0.05) is 5.69 Å². The number of rotatable bonds is 2. The van der Waals surface area contributed by atoms with Crippen LogP contribution in [0.25, 0.3) is 6.08 Å². The lowest BCUT2D eigenvalue weighted by molar-refractivity contribution is 0.867. The van der Waals surface area contributed by atoms with Crippen LogP contribution in [0.15, 0.2) is 24.8 Å². The molecule has 0 aliphatic carbocycles. The van der Waals surface area contributed by atoms with Gasteiger partial charge in [0.2, 0.25) is 0 Å². The van der Waals surface area contributed by atoms with Gasteiger partial charge in [-0.3, -0.25) is 0 Å². The van der Waals surface area contributed by atoms with E-state index in [2.05, 4.69) is 26.5 Å². The first kappa shape index (κ1) is 8.85. The van der Waals surface area contributed by atoms with E-state index in [9.17, 15) is 0 Å². The van der Waals surface area contributed by atoms with E-state index in [0.717, 1.165) is 11.3 Å². The lowest BCUT2D eigenvalue weighted by Gasteiger charge is -2.07. The minimum atomic E-state index is 0.533. The van der Waals surface area contributed by atoms with Crippen molar-refractivity contribution < 1.29 is 0 Å². The standard InChI is InChI=1S/C11H15N/c1-4-9-5-6-10(8(2)3)7-11(9)12/h4-8H,1,12H2,2-3H3. The smallest absolute Gasteiger partial charge is 0.0390 e. The summed E-state index contributed by atoms with van der Waals surface area (Å²) >= 11 is 0. The van der Waals surface area contributed by atoms with Gasteiger partial charge in [-0.25, -0.2) is 0 Å². The summed E-state index contributed by atoms with van der Waals surface area (Å²) in [5, 5.41) is 0. The highest BCUT2D eigenvalue weighted by atomic mass is 14.6. The maximum atomic E-state index is 5.80. The van der Waals surface area contributed by atoms with Gasteiger partial charge < -0.3 is 5.73 Å². The SMILES string of the molecule is C=Cc1ccc(C(C)C)cc1N. The fourth-order valence-corrected chi connectivity index (χ4v) is 1.14. The maximum absolute atomic E-state index is 5.80. The Morgan fingerprint density at radius 3 is 2.50 bits per heavy atom. The summed E-state index contributed by atoms with van der Waals surface area (Å²) in [6.07, 6.45) is 1.78. The van der Waals surface area contributed by atoms with Gasteiger partial charge in [-0.15, -0.1) is 0 Å². The zero-order chi connectivity index (χ0) is 9.14. The fourth-order valence-electron chi connectivity index (χ4n) is 1.14. The molecule has 1 aromatic carbocycles. The highest BCUT2D eigenvalue weighted by Gasteiger charge is 2.00. The molecule has 0 heterocycles. The molecule has 12 heavy (non-hydrogen) atoms. The average Bonchev–Trinajstić information content (AvgIpc) is 2.04. The summed E-state index contributed by atoms with van der Waals surface area (Å²) in [6, 6.07) is 6.12. The molecule has 0 unspecified atom stereocenters. The van der Waals surface area contributed by atoms with Gasteiger partial charge in [-0.2, -0.15) is 0 Å². The molecule has 0 aromatic heterocycles. The second-order valence-corrected chi connectivity index (χ2v) is 3.25. The van der Waals surface area contributed by atoms with Crippen molar-refractivity contribution >= 4 is 11.8 Å². The van der Waals surface area contributed by atoms with E-state index in [1.54, 1.807) is 6.08 Å². The van der Waals surface area contributed by atoms with E-state index in [1.807, 2.05) is 12.1 Å². The van der Waals surface area contributed by atoms with Gasteiger partial charge in [0.1, 0.15) is 0 Å². The van der Waals surface area contributed by atoms with Crippen LogP contribution in [0.2, 0.25) is 0 Å². The molecule has 1 heteroatoms. The van der Waals surface area contributed by atoms with Crippen molar-refractivity contribution in [3.8, 4) is 0 Å². The number of anilines is 1. The minimum absolute atomic E-state index is 0.533. The Balaban J connectivity index is 3.10. The van der Waals surface area contributed by atoms with Gasteiger partial charge in [0.05, 0.1) is 0 Å². The molecule has 64 valence electrons. The molecule has 1 rings (SSSR count). The second-order valence-electron chi connectivity index (χ2n) is 3.25. The third-order valence-corrected chi connectivity index (χ3v) is 2.00. The molecule has 0 fully saturated rings. The molecule has 1 aromatic rings. The third kappa shape index (κ3) is 1.67. The van der Waals surface area contributed by atoms with E-state index in [0.29, 0.717) is 5.92 Å². The molecular weight excluding hydrogens is 146 g/mol. The zero-order valence-corrected chi connectivity index (χ0v) is 7.67. The molecule has 0 spiro atoms. The Morgan fingerprint density at radius 1 is 1.42 bits per heavy atom. The van der Waals surface area contributed by atoms with Gasteiger partial charge in [0.25, 0.3) is 0 Å². The van der Waals surface area contributed by atoms with Crippen LogP contribution in [0.5, 0.6) is 0 Å². The average molecular weight is 161 g/mol. The van der Waals surface area contributed by atoms with Gasteiger partial charge in [-0.1, -0.05) is 38.6 Å². The van der Waals surface area contributed by atoms with Gasteiger partial charge in [0.15, 0.2) is 0 Å². The Bertz CT molecular complexity index is 287. The van der Waals surface area contributed by atoms with Crippen LogP contribution >= 0.6 is 0 Å². The molecule has 0 atom stereocenters. The summed E-state index contributed by atoms with van der Waals surface area (Å²) in [6.45, 7) is 8.00. The van der Waals surface area contributed by atoms with Crippen LogP contribution in [-0.4, -0.2) is 0 Å². The summed E-state index contributed by atoms with van der Waals surface area (Å²) < 4.78 is 0. The highest BCUT2D eigenvalue weighted by Crippen LogP contribution is 2.20. The van der Waals surface area contributed by atoms with Crippen LogP contribution in [0.1, 0.15) is 30.9 Å². The van der Waals surface area contributed by atoms with Crippen molar-refractivity contribution in [3.05, 3.63) is 35.9 Å². The number of hydrogen-bond acceptors (Lipinski definition) is 1. The predicted molar refractivity (Wildman–Crippen MR) is 55.0 cm³/mol. The number of hydrogen-bond donors (Lipinski definition) is 1. The topological polar surface area (TPSA) is 26.0 Å². The minimum Gasteiger partial charge on any atom is -0.398 e. The van der Waals surface area contributed by atoms with Crippen molar-refractivity contribution in [3.63, 3.8) is 0 Å².